The van der Waals surface area contributed by atoms with Crippen molar-refractivity contribution in [2.24, 2.45) is 0 Å². The fourth-order valence-corrected chi connectivity index (χ4v) is 3.26. The van der Waals surface area contributed by atoms with Gasteiger partial charge in [0.25, 0.3) is 0 Å². The summed E-state index contributed by atoms with van der Waals surface area (Å²) in [5.41, 5.74) is 2.52. The third-order valence-electron chi connectivity index (χ3n) is 5.13. The average Bonchev–Trinajstić information content (AvgIpc) is 2.77. The van der Waals surface area contributed by atoms with E-state index in [0.29, 0.717) is 41.4 Å². The zero-order valence-electron chi connectivity index (χ0n) is 18.2. The monoisotopic (exact) mass is 424 g/mol. The summed E-state index contributed by atoms with van der Waals surface area (Å²) in [5, 5.41) is 5.48. The predicted molar refractivity (Wildman–Crippen MR) is 117 cm³/mol. The first kappa shape index (κ1) is 22.2. The molecule has 7 heteroatoms. The number of nitrogens with one attached hydrogen (secondary N) is 2. The van der Waals surface area contributed by atoms with E-state index in [1.54, 1.807) is 32.2 Å². The topological polar surface area (TPSA) is 85.9 Å². The highest BCUT2D eigenvalue weighted by molar-refractivity contribution is 5.95. The Morgan fingerprint density at radius 1 is 1.13 bits per heavy atom. The van der Waals surface area contributed by atoms with E-state index in [1.165, 1.54) is 0 Å². The molecule has 3 rings (SSSR count). The van der Waals surface area contributed by atoms with Crippen molar-refractivity contribution in [1.82, 2.24) is 10.6 Å². The van der Waals surface area contributed by atoms with Crippen LogP contribution in [-0.2, 0) is 16.1 Å². The molecule has 2 N–H and O–H groups in total. The van der Waals surface area contributed by atoms with Crippen LogP contribution < -0.4 is 20.1 Å². The molecule has 2 aromatic rings. The van der Waals surface area contributed by atoms with Crippen LogP contribution in [0.25, 0.3) is 0 Å². The lowest BCUT2D eigenvalue weighted by molar-refractivity contribution is -0.144. The summed E-state index contributed by atoms with van der Waals surface area (Å²) in [5.74, 6) is 0.611. The minimum Gasteiger partial charge on any atom is -0.493 e. The summed E-state index contributed by atoms with van der Waals surface area (Å²) in [6, 6.07) is 14.1. The van der Waals surface area contributed by atoms with Gasteiger partial charge in [0, 0.05) is 5.70 Å². The molecule has 0 aliphatic carbocycles. The Kier molecular flexibility index (Phi) is 7.18. The number of esters is 1. The highest BCUT2D eigenvalue weighted by Crippen LogP contribution is 2.35. The Balaban J connectivity index is 1.92. The van der Waals surface area contributed by atoms with E-state index in [-0.39, 0.29) is 12.1 Å². The summed E-state index contributed by atoms with van der Waals surface area (Å²) in [6.45, 7) is 5.82. The molecule has 0 fully saturated rings. The second kappa shape index (κ2) is 10.0. The highest BCUT2D eigenvalue weighted by Gasteiger charge is 2.33. The minimum absolute atomic E-state index is 0.230. The number of benzene rings is 2. The molecule has 164 valence electrons. The lowest BCUT2D eigenvalue weighted by atomic mass is 9.95. The molecule has 2 aromatic carbocycles. The third kappa shape index (κ3) is 5.36. The predicted octanol–water partition coefficient (Wildman–Crippen LogP) is 4.24. The van der Waals surface area contributed by atoms with E-state index in [0.717, 1.165) is 5.56 Å². The second-order valence-electron chi connectivity index (χ2n) is 7.38. The maximum Gasteiger partial charge on any atom is 0.338 e. The van der Waals surface area contributed by atoms with Gasteiger partial charge in [0.1, 0.15) is 6.61 Å². The molecule has 2 amide bonds. The van der Waals surface area contributed by atoms with Gasteiger partial charge >= 0.3 is 12.0 Å². The van der Waals surface area contributed by atoms with E-state index >= 15 is 0 Å². The molecule has 1 heterocycles. The molecular weight excluding hydrogens is 396 g/mol. The van der Waals surface area contributed by atoms with Gasteiger partial charge in [-0.05, 0) is 43.5 Å². The smallest absolute Gasteiger partial charge is 0.338 e. The van der Waals surface area contributed by atoms with E-state index in [4.69, 9.17) is 14.2 Å². The van der Waals surface area contributed by atoms with Crippen LogP contribution in [0.5, 0.6) is 11.5 Å². The highest BCUT2D eigenvalue weighted by atomic mass is 16.5. The number of urea groups is 1. The number of carbonyl (C=O) groups is 2. The largest absolute Gasteiger partial charge is 0.493 e. The van der Waals surface area contributed by atoms with Crippen molar-refractivity contribution in [3.8, 4) is 11.5 Å². The number of hydrogen-bond acceptors (Lipinski definition) is 5. The van der Waals surface area contributed by atoms with Gasteiger partial charge in [0.05, 0.1) is 24.8 Å². The van der Waals surface area contributed by atoms with Gasteiger partial charge in [-0.1, -0.05) is 43.3 Å². The third-order valence-corrected chi connectivity index (χ3v) is 5.13. The molecule has 1 aliphatic rings. The van der Waals surface area contributed by atoms with Crippen molar-refractivity contribution in [2.45, 2.75) is 45.9 Å². The number of methoxy groups -OCH3 is 1. The average molecular weight is 424 g/mol. The number of amides is 2. The first-order chi connectivity index (χ1) is 14.9. The Morgan fingerprint density at radius 2 is 1.87 bits per heavy atom. The normalized spacial score (nSPS) is 16.8. The van der Waals surface area contributed by atoms with Gasteiger partial charge in [-0.25, -0.2) is 9.59 Å². The molecule has 2 atom stereocenters. The maximum atomic E-state index is 12.9. The van der Waals surface area contributed by atoms with Gasteiger partial charge in [0.2, 0.25) is 0 Å². The van der Waals surface area contributed by atoms with Crippen LogP contribution in [0.15, 0.2) is 59.8 Å². The molecular formula is C24H28N2O5. The van der Waals surface area contributed by atoms with Crippen LogP contribution in [0.1, 0.15) is 44.4 Å². The van der Waals surface area contributed by atoms with Crippen LogP contribution in [0.3, 0.4) is 0 Å². The van der Waals surface area contributed by atoms with Crippen LogP contribution in [-0.4, -0.2) is 25.2 Å². The number of hydrogen-bond donors (Lipinski definition) is 2. The summed E-state index contributed by atoms with van der Waals surface area (Å²) < 4.78 is 17.0. The van der Waals surface area contributed by atoms with E-state index in [1.807, 2.05) is 44.2 Å². The van der Waals surface area contributed by atoms with Crippen LogP contribution in [0.2, 0.25) is 0 Å². The molecule has 0 saturated carbocycles. The maximum absolute atomic E-state index is 12.9. The number of carbonyl (C=O) groups excluding carboxylic acids is 2. The first-order valence-corrected chi connectivity index (χ1v) is 10.3. The molecule has 0 bridgehead atoms. The SMILES string of the molecule is CC[C@H](C)OC(=O)C1=C(C)NC(=O)N[C@H]1c1ccc(OC)c(OCc2ccccc2)c1. The van der Waals surface area contributed by atoms with E-state index < -0.39 is 12.0 Å². The van der Waals surface area contributed by atoms with Gasteiger partial charge in [0.15, 0.2) is 11.5 Å². The fourth-order valence-electron chi connectivity index (χ4n) is 3.26. The minimum atomic E-state index is -0.671. The van der Waals surface area contributed by atoms with Crippen molar-refractivity contribution in [2.75, 3.05) is 7.11 Å². The van der Waals surface area contributed by atoms with Crippen LogP contribution >= 0.6 is 0 Å². The van der Waals surface area contributed by atoms with Gasteiger partial charge in [-0.2, -0.15) is 0 Å². The summed E-state index contributed by atoms with van der Waals surface area (Å²) >= 11 is 0. The van der Waals surface area contributed by atoms with Crippen LogP contribution in [0, 0.1) is 0 Å². The van der Waals surface area contributed by atoms with Gasteiger partial charge in [-0.3, -0.25) is 0 Å². The molecule has 31 heavy (non-hydrogen) atoms. The summed E-state index contributed by atoms with van der Waals surface area (Å²) in [6.07, 6.45) is 0.467. The number of rotatable bonds is 8. The lowest BCUT2D eigenvalue weighted by Crippen LogP contribution is -2.45. The zero-order valence-corrected chi connectivity index (χ0v) is 18.2. The van der Waals surface area contributed by atoms with Crippen molar-refractivity contribution in [1.29, 1.82) is 0 Å². The fraction of sp³-hybridized carbons (Fsp3) is 0.333. The first-order valence-electron chi connectivity index (χ1n) is 10.3. The van der Waals surface area contributed by atoms with Crippen molar-refractivity contribution >= 4 is 12.0 Å². The Labute approximate surface area is 182 Å². The molecule has 0 saturated heterocycles. The van der Waals surface area contributed by atoms with Crippen molar-refractivity contribution < 1.29 is 23.8 Å². The summed E-state index contributed by atoms with van der Waals surface area (Å²) in [7, 11) is 1.57. The molecule has 7 nitrogen and oxygen atoms in total. The standard InChI is InChI=1S/C24H28N2O5/c1-5-15(2)31-23(27)21-16(3)25-24(28)26-22(21)18-11-12-19(29-4)20(13-18)30-14-17-9-7-6-8-10-17/h6-13,15,22H,5,14H2,1-4H3,(H2,25,26,28)/t15-,22-/m0/s1. The van der Waals surface area contributed by atoms with Gasteiger partial charge in [-0.15, -0.1) is 0 Å². The van der Waals surface area contributed by atoms with Crippen LogP contribution in [0.4, 0.5) is 4.79 Å². The second-order valence-corrected chi connectivity index (χ2v) is 7.38. The molecule has 0 aromatic heterocycles. The van der Waals surface area contributed by atoms with Crippen molar-refractivity contribution in [3.63, 3.8) is 0 Å². The molecule has 1 aliphatic heterocycles. The Hall–Kier alpha value is -3.48. The van der Waals surface area contributed by atoms with E-state index in [2.05, 4.69) is 10.6 Å². The number of allylic oxidation sites excluding steroid dienone is 1. The Morgan fingerprint density at radius 3 is 2.55 bits per heavy atom. The van der Waals surface area contributed by atoms with Crippen molar-refractivity contribution in [3.05, 3.63) is 70.9 Å². The molecule has 0 spiro atoms. The Bertz CT molecular complexity index is 971. The van der Waals surface area contributed by atoms with Gasteiger partial charge < -0.3 is 24.8 Å². The lowest BCUT2D eigenvalue weighted by Gasteiger charge is -2.29. The molecule has 0 unspecified atom stereocenters. The zero-order chi connectivity index (χ0) is 22.4. The molecule has 0 radical (unpaired) electrons. The summed E-state index contributed by atoms with van der Waals surface area (Å²) in [4.78, 5) is 25.0. The van der Waals surface area contributed by atoms with E-state index in [9.17, 15) is 9.59 Å². The number of ether oxygens (including phenoxy) is 3. The quantitative estimate of drug-likeness (QED) is 0.619.